The van der Waals surface area contributed by atoms with E-state index in [1.807, 2.05) is 12.3 Å². The van der Waals surface area contributed by atoms with Gasteiger partial charge in [-0.1, -0.05) is 30.3 Å². The maximum absolute atomic E-state index is 4.86. The Balaban J connectivity index is 1.35. The molecule has 0 saturated carbocycles. The van der Waals surface area contributed by atoms with E-state index in [1.165, 1.54) is 5.56 Å². The molecule has 0 radical (unpaired) electrons. The summed E-state index contributed by atoms with van der Waals surface area (Å²) in [5.41, 5.74) is 1.39. The highest BCUT2D eigenvalue weighted by molar-refractivity contribution is 5.44. The summed E-state index contributed by atoms with van der Waals surface area (Å²) in [5, 5.41) is 0. The first-order valence-electron chi connectivity index (χ1n) is 9.56. The summed E-state index contributed by atoms with van der Waals surface area (Å²) >= 11 is 0. The molecule has 138 valence electrons. The molecule has 0 amide bonds. The third kappa shape index (κ3) is 4.14. The molecule has 0 atom stereocenters. The number of hydrogen-bond donors (Lipinski definition) is 0. The molecule has 6 heteroatoms. The highest BCUT2D eigenvalue weighted by atomic mass is 15.3. The van der Waals surface area contributed by atoms with Gasteiger partial charge in [0.05, 0.1) is 0 Å². The molecule has 0 aliphatic carbocycles. The van der Waals surface area contributed by atoms with E-state index in [2.05, 4.69) is 62.0 Å². The van der Waals surface area contributed by atoms with Gasteiger partial charge in [0.25, 0.3) is 0 Å². The van der Waals surface area contributed by atoms with Crippen LogP contribution in [0.25, 0.3) is 0 Å². The summed E-state index contributed by atoms with van der Waals surface area (Å²) in [7, 11) is 2.17. The second-order valence-electron chi connectivity index (χ2n) is 7.25. The van der Waals surface area contributed by atoms with Gasteiger partial charge in [0.1, 0.15) is 5.82 Å². The van der Waals surface area contributed by atoms with E-state index >= 15 is 0 Å². The molecule has 2 fully saturated rings. The molecule has 2 aliphatic rings. The maximum atomic E-state index is 4.86. The first kappa shape index (κ1) is 17.2. The molecule has 2 aliphatic heterocycles. The smallest absolute Gasteiger partial charge is 0.227 e. The molecule has 4 rings (SSSR count). The molecule has 0 spiro atoms. The molecule has 0 bridgehead atoms. The Kier molecular flexibility index (Phi) is 5.32. The van der Waals surface area contributed by atoms with Gasteiger partial charge in [-0.15, -0.1) is 0 Å². The highest BCUT2D eigenvalue weighted by Gasteiger charge is 2.21. The molecule has 3 heterocycles. The fourth-order valence-corrected chi connectivity index (χ4v) is 3.65. The summed E-state index contributed by atoms with van der Waals surface area (Å²) in [6.07, 6.45) is 1.91. The number of benzene rings is 1. The van der Waals surface area contributed by atoms with Crippen molar-refractivity contribution in [3.8, 4) is 0 Å². The molecule has 1 aromatic carbocycles. The summed E-state index contributed by atoms with van der Waals surface area (Å²) in [6, 6.07) is 12.8. The summed E-state index contributed by atoms with van der Waals surface area (Å²) in [4.78, 5) is 18.9. The van der Waals surface area contributed by atoms with E-state index in [1.54, 1.807) is 0 Å². The Morgan fingerprint density at radius 3 is 2.23 bits per heavy atom. The van der Waals surface area contributed by atoms with Crippen molar-refractivity contribution in [2.45, 2.75) is 6.54 Å². The number of nitrogens with zero attached hydrogens (tertiary/aromatic N) is 6. The predicted octanol–water partition coefficient (Wildman–Crippen LogP) is 1.55. The number of anilines is 2. The van der Waals surface area contributed by atoms with Gasteiger partial charge in [-0.25, -0.2) is 4.98 Å². The van der Waals surface area contributed by atoms with Crippen LogP contribution in [0.4, 0.5) is 11.8 Å². The lowest BCUT2D eigenvalue weighted by molar-refractivity contribution is 0.249. The van der Waals surface area contributed by atoms with Gasteiger partial charge < -0.3 is 14.7 Å². The van der Waals surface area contributed by atoms with E-state index in [-0.39, 0.29) is 0 Å². The predicted molar refractivity (Wildman–Crippen MR) is 106 cm³/mol. The number of hydrogen-bond acceptors (Lipinski definition) is 6. The van der Waals surface area contributed by atoms with E-state index in [4.69, 9.17) is 4.98 Å². The average Bonchev–Trinajstić information content (AvgIpc) is 2.70. The number of aromatic nitrogens is 2. The van der Waals surface area contributed by atoms with Crippen LogP contribution in [0.15, 0.2) is 42.6 Å². The zero-order chi connectivity index (χ0) is 17.8. The first-order chi connectivity index (χ1) is 12.8. The maximum Gasteiger partial charge on any atom is 0.227 e. The van der Waals surface area contributed by atoms with Crippen LogP contribution in [0.2, 0.25) is 0 Å². The minimum absolute atomic E-state index is 0.877. The van der Waals surface area contributed by atoms with Crippen LogP contribution in [0.1, 0.15) is 5.56 Å². The molecule has 0 unspecified atom stereocenters. The topological polar surface area (TPSA) is 38.7 Å². The Morgan fingerprint density at radius 2 is 1.50 bits per heavy atom. The van der Waals surface area contributed by atoms with Crippen LogP contribution in [0, 0.1) is 0 Å². The van der Waals surface area contributed by atoms with Crippen molar-refractivity contribution in [1.29, 1.82) is 0 Å². The van der Waals surface area contributed by atoms with Crippen molar-refractivity contribution < 1.29 is 0 Å². The summed E-state index contributed by atoms with van der Waals surface area (Å²) in [6.45, 7) is 9.38. The van der Waals surface area contributed by atoms with Crippen molar-refractivity contribution in [3.63, 3.8) is 0 Å². The van der Waals surface area contributed by atoms with Gasteiger partial charge in [-0.05, 0) is 18.7 Å². The Hall–Kier alpha value is -2.18. The van der Waals surface area contributed by atoms with Gasteiger partial charge in [-0.3, -0.25) is 4.90 Å². The van der Waals surface area contributed by atoms with Gasteiger partial charge in [0.2, 0.25) is 5.95 Å². The molecule has 1 aromatic heterocycles. The third-order valence-electron chi connectivity index (χ3n) is 5.36. The Labute approximate surface area is 156 Å². The van der Waals surface area contributed by atoms with Crippen molar-refractivity contribution in [1.82, 2.24) is 19.8 Å². The fourth-order valence-electron chi connectivity index (χ4n) is 3.65. The van der Waals surface area contributed by atoms with Gasteiger partial charge in [0.15, 0.2) is 0 Å². The zero-order valence-corrected chi connectivity index (χ0v) is 15.6. The van der Waals surface area contributed by atoms with Crippen molar-refractivity contribution in [2.24, 2.45) is 0 Å². The summed E-state index contributed by atoms with van der Waals surface area (Å²) in [5.74, 6) is 1.94. The van der Waals surface area contributed by atoms with Gasteiger partial charge in [0, 0.05) is 65.1 Å². The molecule has 26 heavy (non-hydrogen) atoms. The summed E-state index contributed by atoms with van der Waals surface area (Å²) < 4.78 is 0. The lowest BCUT2D eigenvalue weighted by Gasteiger charge is -2.36. The van der Waals surface area contributed by atoms with Crippen molar-refractivity contribution >= 4 is 11.8 Å². The standard InChI is InChI=1S/C20H28N6/c1-23-9-13-26(14-10-23)20-21-8-7-19(22-20)25-15-11-24(12-16-25)17-18-5-3-2-4-6-18/h2-8H,9-17H2,1H3. The molecule has 2 saturated heterocycles. The zero-order valence-electron chi connectivity index (χ0n) is 15.6. The average molecular weight is 352 g/mol. The van der Waals surface area contributed by atoms with Crippen LogP contribution in [-0.4, -0.2) is 79.2 Å². The van der Waals surface area contributed by atoms with E-state index in [0.717, 1.165) is 70.7 Å². The fraction of sp³-hybridized carbons (Fsp3) is 0.500. The number of rotatable bonds is 4. The van der Waals surface area contributed by atoms with E-state index < -0.39 is 0 Å². The highest BCUT2D eigenvalue weighted by Crippen LogP contribution is 2.18. The van der Waals surface area contributed by atoms with Crippen LogP contribution >= 0.6 is 0 Å². The molecular weight excluding hydrogens is 324 g/mol. The lowest BCUT2D eigenvalue weighted by atomic mass is 10.2. The normalized spacial score (nSPS) is 19.7. The van der Waals surface area contributed by atoms with Crippen LogP contribution in [0.3, 0.4) is 0 Å². The Morgan fingerprint density at radius 1 is 0.808 bits per heavy atom. The second kappa shape index (κ2) is 8.01. The van der Waals surface area contributed by atoms with E-state index in [9.17, 15) is 0 Å². The minimum Gasteiger partial charge on any atom is -0.354 e. The lowest BCUT2D eigenvalue weighted by Crippen LogP contribution is -2.47. The SMILES string of the molecule is CN1CCN(c2nccc(N3CCN(Cc4ccccc4)CC3)n2)CC1. The first-order valence-corrected chi connectivity index (χ1v) is 9.56. The molecule has 6 nitrogen and oxygen atoms in total. The third-order valence-corrected chi connectivity index (χ3v) is 5.36. The number of piperazine rings is 2. The second-order valence-corrected chi connectivity index (χ2v) is 7.25. The van der Waals surface area contributed by atoms with Gasteiger partial charge >= 0.3 is 0 Å². The van der Waals surface area contributed by atoms with Crippen LogP contribution in [-0.2, 0) is 6.54 Å². The molecule has 0 N–H and O–H groups in total. The monoisotopic (exact) mass is 352 g/mol. The number of likely N-dealkylation sites (N-methyl/N-ethyl adjacent to an activating group) is 1. The molecule has 2 aromatic rings. The van der Waals surface area contributed by atoms with E-state index in [0.29, 0.717) is 0 Å². The van der Waals surface area contributed by atoms with Crippen molar-refractivity contribution in [2.75, 3.05) is 69.2 Å². The minimum atomic E-state index is 0.877. The molecular formula is C20H28N6. The van der Waals surface area contributed by atoms with Crippen molar-refractivity contribution in [3.05, 3.63) is 48.2 Å². The quantitative estimate of drug-likeness (QED) is 0.831. The Bertz CT molecular complexity index is 690. The van der Waals surface area contributed by atoms with Crippen LogP contribution in [0.5, 0.6) is 0 Å². The van der Waals surface area contributed by atoms with Crippen LogP contribution < -0.4 is 9.80 Å². The van der Waals surface area contributed by atoms with Gasteiger partial charge in [-0.2, -0.15) is 4.98 Å². The largest absolute Gasteiger partial charge is 0.354 e.